The normalized spacial score (nSPS) is 23.1. The third kappa shape index (κ3) is 2.65. The number of ether oxygens (including phenoxy) is 1. The van der Waals surface area contributed by atoms with E-state index in [1.807, 2.05) is 0 Å². The van der Waals surface area contributed by atoms with Gasteiger partial charge in [0.1, 0.15) is 5.54 Å². The van der Waals surface area contributed by atoms with E-state index >= 15 is 0 Å². The van der Waals surface area contributed by atoms with Gasteiger partial charge >= 0.3 is 5.97 Å². The first-order valence-electron chi connectivity index (χ1n) is 4.62. The molecule has 0 aromatic rings. The van der Waals surface area contributed by atoms with Gasteiger partial charge in [0.05, 0.1) is 18.9 Å². The molecule has 5 heteroatoms. The van der Waals surface area contributed by atoms with Gasteiger partial charge in [0.25, 0.3) is 0 Å². The highest BCUT2D eigenvalue weighted by Gasteiger charge is 2.38. The van der Waals surface area contributed by atoms with Crippen LogP contribution in [-0.4, -0.2) is 36.0 Å². The SMILES string of the molecule is CCOC(=O)CC1(C(=O)CCl)C=CC=N1. The maximum Gasteiger partial charge on any atom is 0.309 e. The third-order valence-electron chi connectivity index (χ3n) is 2.09. The maximum absolute atomic E-state index is 11.6. The van der Waals surface area contributed by atoms with Crippen LogP contribution in [0.15, 0.2) is 17.1 Å². The number of hydrogen-bond donors (Lipinski definition) is 0. The molecule has 0 saturated carbocycles. The predicted octanol–water partition coefficient (Wildman–Crippen LogP) is 1.13. The smallest absolute Gasteiger partial charge is 0.309 e. The molecule has 0 bridgehead atoms. The van der Waals surface area contributed by atoms with E-state index in [1.54, 1.807) is 19.1 Å². The molecule has 82 valence electrons. The monoisotopic (exact) mass is 229 g/mol. The average molecular weight is 230 g/mol. The Balaban J connectivity index is 2.76. The molecule has 0 amide bonds. The zero-order chi connectivity index (χ0) is 11.3. The largest absolute Gasteiger partial charge is 0.466 e. The summed E-state index contributed by atoms with van der Waals surface area (Å²) in [5.74, 6) is -0.900. The van der Waals surface area contributed by atoms with E-state index in [0.717, 1.165) is 0 Å². The molecule has 15 heavy (non-hydrogen) atoms. The summed E-state index contributed by atoms with van der Waals surface area (Å²) in [6, 6.07) is 0. The summed E-state index contributed by atoms with van der Waals surface area (Å²) in [4.78, 5) is 26.9. The van der Waals surface area contributed by atoms with E-state index in [-0.39, 0.29) is 24.7 Å². The van der Waals surface area contributed by atoms with Crippen LogP contribution in [0.3, 0.4) is 0 Å². The lowest BCUT2D eigenvalue weighted by Crippen LogP contribution is -2.37. The van der Waals surface area contributed by atoms with Crippen molar-refractivity contribution < 1.29 is 14.3 Å². The molecular weight excluding hydrogens is 218 g/mol. The first kappa shape index (κ1) is 11.9. The molecule has 1 aliphatic heterocycles. The Morgan fingerprint density at radius 2 is 2.27 bits per heavy atom. The minimum Gasteiger partial charge on any atom is -0.466 e. The lowest BCUT2D eigenvalue weighted by molar-refractivity contribution is -0.145. The molecule has 1 heterocycles. The van der Waals surface area contributed by atoms with Crippen molar-refractivity contribution in [3.05, 3.63) is 12.2 Å². The van der Waals surface area contributed by atoms with Crippen molar-refractivity contribution in [2.24, 2.45) is 4.99 Å². The highest BCUT2D eigenvalue weighted by molar-refractivity contribution is 6.29. The van der Waals surface area contributed by atoms with Gasteiger partial charge in [-0.15, -0.1) is 11.6 Å². The Morgan fingerprint density at radius 1 is 1.53 bits per heavy atom. The summed E-state index contributed by atoms with van der Waals surface area (Å²) in [5.41, 5.74) is -1.13. The molecule has 0 radical (unpaired) electrons. The Labute approximate surface area is 93.0 Å². The van der Waals surface area contributed by atoms with Crippen molar-refractivity contribution in [3.8, 4) is 0 Å². The van der Waals surface area contributed by atoms with Gasteiger partial charge in [0.2, 0.25) is 0 Å². The van der Waals surface area contributed by atoms with Gasteiger partial charge in [0, 0.05) is 6.21 Å². The van der Waals surface area contributed by atoms with Crippen molar-refractivity contribution in [3.63, 3.8) is 0 Å². The number of hydrogen-bond acceptors (Lipinski definition) is 4. The molecule has 1 atom stereocenters. The van der Waals surface area contributed by atoms with Crippen LogP contribution >= 0.6 is 11.6 Å². The number of carbonyl (C=O) groups is 2. The van der Waals surface area contributed by atoms with Gasteiger partial charge in [-0.25, -0.2) is 0 Å². The molecule has 0 fully saturated rings. The van der Waals surface area contributed by atoms with Crippen LogP contribution in [0, 0.1) is 0 Å². The molecular formula is C10H12ClNO3. The number of allylic oxidation sites excluding steroid dienone is 1. The molecule has 1 unspecified atom stereocenters. The summed E-state index contributed by atoms with van der Waals surface area (Å²) in [6.45, 7) is 2.00. The first-order chi connectivity index (χ1) is 7.14. The Morgan fingerprint density at radius 3 is 2.73 bits per heavy atom. The summed E-state index contributed by atoms with van der Waals surface area (Å²) in [5, 5.41) is 0. The lowest BCUT2D eigenvalue weighted by atomic mass is 9.92. The third-order valence-corrected chi connectivity index (χ3v) is 2.33. The summed E-state index contributed by atoms with van der Waals surface area (Å²) in [6.07, 6.45) is 4.61. The second kappa shape index (κ2) is 5.07. The van der Waals surface area contributed by atoms with Crippen LogP contribution in [0.1, 0.15) is 13.3 Å². The Hall–Kier alpha value is -1.16. The number of carbonyl (C=O) groups excluding carboxylic acids is 2. The van der Waals surface area contributed by atoms with E-state index < -0.39 is 11.5 Å². The number of halogens is 1. The van der Waals surface area contributed by atoms with Crippen LogP contribution in [0.2, 0.25) is 0 Å². The summed E-state index contributed by atoms with van der Waals surface area (Å²) in [7, 11) is 0. The minimum absolute atomic E-state index is 0.0839. The zero-order valence-electron chi connectivity index (χ0n) is 8.40. The fourth-order valence-corrected chi connectivity index (χ4v) is 1.57. The molecule has 0 saturated heterocycles. The topological polar surface area (TPSA) is 55.7 Å². The lowest BCUT2D eigenvalue weighted by Gasteiger charge is -2.20. The van der Waals surface area contributed by atoms with Crippen LogP contribution in [0.5, 0.6) is 0 Å². The predicted molar refractivity (Wildman–Crippen MR) is 57.3 cm³/mol. The van der Waals surface area contributed by atoms with Gasteiger partial charge in [-0.2, -0.15) is 0 Å². The molecule has 0 aromatic heterocycles. The minimum atomic E-state index is -1.13. The van der Waals surface area contributed by atoms with E-state index in [0.29, 0.717) is 0 Å². The number of Topliss-reactive ketones (excluding diaryl/α,β-unsaturated/α-hetero) is 1. The molecule has 0 N–H and O–H groups in total. The van der Waals surface area contributed by atoms with E-state index in [4.69, 9.17) is 16.3 Å². The Kier molecular flexibility index (Phi) is 4.03. The van der Waals surface area contributed by atoms with Gasteiger partial charge < -0.3 is 4.74 Å². The molecule has 0 aromatic carbocycles. The van der Waals surface area contributed by atoms with Crippen molar-refractivity contribution in [1.29, 1.82) is 0 Å². The quantitative estimate of drug-likeness (QED) is 0.525. The number of aliphatic imine (C=N–C) groups is 1. The Bertz CT molecular complexity index is 311. The fourth-order valence-electron chi connectivity index (χ4n) is 1.34. The average Bonchev–Trinajstić information content (AvgIpc) is 2.66. The van der Waals surface area contributed by atoms with Crippen molar-refractivity contribution in [2.45, 2.75) is 18.9 Å². The van der Waals surface area contributed by atoms with E-state index in [9.17, 15) is 9.59 Å². The standard InChI is InChI=1S/C10H12ClNO3/c1-2-15-9(14)6-10(8(13)7-11)4-3-5-12-10/h3-5H,2,6-7H2,1H3. The van der Waals surface area contributed by atoms with Gasteiger partial charge in [-0.3, -0.25) is 14.6 Å². The van der Waals surface area contributed by atoms with Crippen molar-refractivity contribution in [2.75, 3.05) is 12.5 Å². The molecule has 1 aliphatic rings. The van der Waals surface area contributed by atoms with Crippen LogP contribution in [-0.2, 0) is 14.3 Å². The van der Waals surface area contributed by atoms with Crippen LogP contribution in [0.25, 0.3) is 0 Å². The molecule has 1 rings (SSSR count). The van der Waals surface area contributed by atoms with E-state index in [2.05, 4.69) is 4.99 Å². The second-order valence-electron chi connectivity index (χ2n) is 3.10. The molecule has 0 aliphatic carbocycles. The van der Waals surface area contributed by atoms with E-state index in [1.165, 1.54) is 6.21 Å². The number of nitrogens with zero attached hydrogens (tertiary/aromatic N) is 1. The maximum atomic E-state index is 11.6. The number of alkyl halides is 1. The summed E-state index contributed by atoms with van der Waals surface area (Å²) >= 11 is 5.47. The number of esters is 1. The van der Waals surface area contributed by atoms with Gasteiger partial charge in [-0.1, -0.05) is 0 Å². The number of rotatable bonds is 5. The van der Waals surface area contributed by atoms with Crippen LogP contribution in [0.4, 0.5) is 0 Å². The molecule has 4 nitrogen and oxygen atoms in total. The van der Waals surface area contributed by atoms with Gasteiger partial charge in [0.15, 0.2) is 5.78 Å². The second-order valence-corrected chi connectivity index (χ2v) is 3.37. The molecule has 0 spiro atoms. The number of ketones is 1. The highest BCUT2D eigenvalue weighted by atomic mass is 35.5. The summed E-state index contributed by atoms with van der Waals surface area (Å²) < 4.78 is 4.78. The zero-order valence-corrected chi connectivity index (χ0v) is 9.16. The fraction of sp³-hybridized carbons (Fsp3) is 0.500. The highest BCUT2D eigenvalue weighted by Crippen LogP contribution is 2.24. The van der Waals surface area contributed by atoms with Crippen molar-refractivity contribution >= 4 is 29.6 Å². The van der Waals surface area contributed by atoms with Crippen LogP contribution < -0.4 is 0 Å². The first-order valence-corrected chi connectivity index (χ1v) is 5.16. The van der Waals surface area contributed by atoms with Gasteiger partial charge in [-0.05, 0) is 19.1 Å². The van der Waals surface area contributed by atoms with Crippen molar-refractivity contribution in [1.82, 2.24) is 0 Å².